The maximum atomic E-state index is 12.8. The fourth-order valence-electron chi connectivity index (χ4n) is 2.94. The fourth-order valence-corrected chi connectivity index (χ4v) is 2.94. The van der Waals surface area contributed by atoms with Crippen LogP contribution in [0.15, 0.2) is 24.3 Å². The number of fused-ring (bicyclic) bond motifs is 1. The third-order valence-electron chi connectivity index (χ3n) is 4.27. The van der Waals surface area contributed by atoms with Crippen molar-refractivity contribution in [2.45, 2.75) is 38.3 Å². The van der Waals surface area contributed by atoms with Crippen LogP contribution in [0.1, 0.15) is 47.4 Å². The van der Waals surface area contributed by atoms with Crippen LogP contribution >= 0.6 is 0 Å². The lowest BCUT2D eigenvalue weighted by molar-refractivity contribution is -0.137. The van der Waals surface area contributed by atoms with Crippen molar-refractivity contribution >= 4 is 5.97 Å². The van der Waals surface area contributed by atoms with Gasteiger partial charge in [-0.05, 0) is 36.6 Å². The predicted molar refractivity (Wildman–Crippen MR) is 81.9 cm³/mol. The van der Waals surface area contributed by atoms with E-state index in [-0.39, 0.29) is 22.6 Å². The van der Waals surface area contributed by atoms with Crippen molar-refractivity contribution in [3.63, 3.8) is 0 Å². The van der Waals surface area contributed by atoms with Crippen molar-refractivity contribution in [1.82, 2.24) is 10.2 Å². The fraction of sp³-hybridized carbons (Fsp3) is 0.353. The molecule has 1 aliphatic carbocycles. The van der Waals surface area contributed by atoms with E-state index in [0.29, 0.717) is 24.1 Å². The first-order chi connectivity index (χ1) is 11.6. The van der Waals surface area contributed by atoms with Crippen molar-refractivity contribution in [3.8, 4) is 11.6 Å². The highest BCUT2D eigenvalue weighted by atomic mass is 19.4. The third-order valence-corrected chi connectivity index (χ3v) is 4.27. The lowest BCUT2D eigenvalue weighted by atomic mass is 9.90. The molecule has 0 spiro atoms. The largest absolute Gasteiger partial charge is 0.477 e. The van der Waals surface area contributed by atoms with E-state index in [4.69, 9.17) is 4.74 Å². The average Bonchev–Trinajstić information content (AvgIpc) is 2.81. The maximum Gasteiger partial charge on any atom is 0.416 e. The van der Waals surface area contributed by atoms with Gasteiger partial charge in [0, 0.05) is 5.41 Å². The molecule has 2 aromatic rings. The molecule has 0 unspecified atom stereocenters. The Kier molecular flexibility index (Phi) is 3.93. The molecule has 1 aromatic carbocycles. The van der Waals surface area contributed by atoms with Crippen molar-refractivity contribution in [1.29, 1.82) is 0 Å². The molecule has 0 aliphatic heterocycles. The molecule has 0 atom stereocenters. The number of nitrogens with zero attached hydrogens (tertiary/aromatic N) is 2. The topological polar surface area (TPSA) is 72.3 Å². The third kappa shape index (κ3) is 3.16. The zero-order valence-corrected chi connectivity index (χ0v) is 13.5. The van der Waals surface area contributed by atoms with Gasteiger partial charge in [0.2, 0.25) is 0 Å². The zero-order valence-electron chi connectivity index (χ0n) is 13.5. The predicted octanol–water partition coefficient (Wildman–Crippen LogP) is 4.21. The Balaban J connectivity index is 2.04. The summed E-state index contributed by atoms with van der Waals surface area (Å²) in [6.45, 7) is 3.87. The van der Waals surface area contributed by atoms with E-state index in [2.05, 4.69) is 10.2 Å². The van der Waals surface area contributed by atoms with Crippen LogP contribution < -0.4 is 4.74 Å². The molecule has 0 amide bonds. The molecule has 8 heteroatoms. The summed E-state index contributed by atoms with van der Waals surface area (Å²) in [5, 5.41) is 17.4. The van der Waals surface area contributed by atoms with Gasteiger partial charge < -0.3 is 9.84 Å². The highest BCUT2D eigenvalue weighted by Crippen LogP contribution is 2.41. The summed E-state index contributed by atoms with van der Waals surface area (Å²) in [4.78, 5) is 11.7. The molecule has 0 saturated heterocycles. The minimum atomic E-state index is -4.53. The van der Waals surface area contributed by atoms with Gasteiger partial charge >= 0.3 is 12.1 Å². The smallest absolute Gasteiger partial charge is 0.416 e. The molecule has 1 heterocycles. The van der Waals surface area contributed by atoms with Gasteiger partial charge in [0.25, 0.3) is 5.88 Å². The van der Waals surface area contributed by atoms with E-state index in [9.17, 15) is 23.1 Å². The summed E-state index contributed by atoms with van der Waals surface area (Å²) in [6, 6.07) is 4.19. The van der Waals surface area contributed by atoms with E-state index in [1.165, 1.54) is 12.1 Å². The number of carboxylic acid groups (broad SMARTS) is 1. The molecular weight excluding hydrogens is 337 g/mol. The SMILES string of the molecule is CC1(C)CCc2c1nnc(Oc1cccc(C(F)(F)F)c1)c2C(=O)O. The summed E-state index contributed by atoms with van der Waals surface area (Å²) in [5.74, 6) is -1.70. The van der Waals surface area contributed by atoms with Gasteiger partial charge in [-0.15, -0.1) is 5.10 Å². The van der Waals surface area contributed by atoms with Gasteiger partial charge in [0.15, 0.2) is 0 Å². The molecule has 1 N–H and O–H groups in total. The molecule has 0 radical (unpaired) electrons. The monoisotopic (exact) mass is 352 g/mol. The molecule has 0 bridgehead atoms. The molecule has 132 valence electrons. The highest BCUT2D eigenvalue weighted by molar-refractivity contribution is 5.92. The first-order valence-corrected chi connectivity index (χ1v) is 7.58. The molecule has 5 nitrogen and oxygen atoms in total. The normalized spacial score (nSPS) is 15.7. The Morgan fingerprint density at radius 2 is 2.00 bits per heavy atom. The number of carbonyl (C=O) groups is 1. The van der Waals surface area contributed by atoms with Gasteiger partial charge in [0.05, 0.1) is 11.3 Å². The van der Waals surface area contributed by atoms with Gasteiger partial charge in [-0.2, -0.15) is 18.3 Å². The second kappa shape index (κ2) is 5.72. The van der Waals surface area contributed by atoms with Crippen molar-refractivity contribution in [2.24, 2.45) is 0 Å². The van der Waals surface area contributed by atoms with Gasteiger partial charge in [-0.3, -0.25) is 0 Å². The number of halogens is 3. The lowest BCUT2D eigenvalue weighted by Gasteiger charge is -2.17. The number of hydrogen-bond donors (Lipinski definition) is 1. The Hall–Kier alpha value is -2.64. The van der Waals surface area contributed by atoms with E-state index in [0.717, 1.165) is 12.1 Å². The number of aromatic nitrogens is 2. The first-order valence-electron chi connectivity index (χ1n) is 7.58. The summed E-state index contributed by atoms with van der Waals surface area (Å²) in [7, 11) is 0. The standard InChI is InChI=1S/C17H15F3N2O3/c1-16(2)7-6-11-12(15(23)24)14(22-21-13(11)16)25-10-5-3-4-9(8-10)17(18,19)20/h3-5,8H,6-7H2,1-2H3,(H,23,24). The Labute approximate surface area is 141 Å². The van der Waals surface area contributed by atoms with E-state index in [1.54, 1.807) is 0 Å². The van der Waals surface area contributed by atoms with Gasteiger partial charge in [-0.25, -0.2) is 4.79 Å². The van der Waals surface area contributed by atoms with Crippen LogP contribution in [0.25, 0.3) is 0 Å². The maximum absolute atomic E-state index is 12.8. The zero-order chi connectivity index (χ0) is 18.4. The van der Waals surface area contributed by atoms with E-state index >= 15 is 0 Å². The van der Waals surface area contributed by atoms with Crippen LogP contribution in [0, 0.1) is 0 Å². The first kappa shape index (κ1) is 17.2. The van der Waals surface area contributed by atoms with Crippen LogP contribution in [-0.4, -0.2) is 21.3 Å². The van der Waals surface area contributed by atoms with Crippen LogP contribution in [0.3, 0.4) is 0 Å². The second-order valence-corrected chi connectivity index (χ2v) is 6.52. The molecule has 25 heavy (non-hydrogen) atoms. The van der Waals surface area contributed by atoms with E-state index in [1.807, 2.05) is 13.8 Å². The summed E-state index contributed by atoms with van der Waals surface area (Å²) in [6.07, 6.45) is -3.31. The number of aromatic carboxylic acids is 1. The number of benzene rings is 1. The van der Waals surface area contributed by atoms with Gasteiger partial charge in [-0.1, -0.05) is 19.9 Å². The molecule has 0 fully saturated rings. The molecule has 3 rings (SSSR count). The Morgan fingerprint density at radius 1 is 1.28 bits per heavy atom. The van der Waals surface area contributed by atoms with Crippen molar-refractivity contribution in [2.75, 3.05) is 0 Å². The molecule has 1 aliphatic rings. The molecular formula is C17H15F3N2O3. The minimum absolute atomic E-state index is 0.145. The summed E-state index contributed by atoms with van der Waals surface area (Å²) < 4.78 is 43.8. The minimum Gasteiger partial charge on any atom is -0.477 e. The lowest BCUT2D eigenvalue weighted by Crippen LogP contribution is -2.17. The van der Waals surface area contributed by atoms with Crippen LogP contribution in [0.5, 0.6) is 11.6 Å². The van der Waals surface area contributed by atoms with Crippen LogP contribution in [0.2, 0.25) is 0 Å². The van der Waals surface area contributed by atoms with Gasteiger partial charge in [0.1, 0.15) is 11.3 Å². The molecule has 0 saturated carbocycles. The highest BCUT2D eigenvalue weighted by Gasteiger charge is 2.37. The number of ether oxygens (including phenoxy) is 1. The Morgan fingerprint density at radius 3 is 2.64 bits per heavy atom. The number of rotatable bonds is 3. The van der Waals surface area contributed by atoms with E-state index < -0.39 is 17.7 Å². The average molecular weight is 352 g/mol. The van der Waals surface area contributed by atoms with Crippen LogP contribution in [0.4, 0.5) is 13.2 Å². The van der Waals surface area contributed by atoms with Crippen molar-refractivity contribution in [3.05, 3.63) is 46.6 Å². The number of hydrogen-bond acceptors (Lipinski definition) is 4. The Bertz CT molecular complexity index is 848. The quantitative estimate of drug-likeness (QED) is 0.896. The summed E-state index contributed by atoms with van der Waals surface area (Å²) in [5.41, 5.74) is -0.234. The number of carboxylic acids is 1. The number of alkyl halides is 3. The van der Waals surface area contributed by atoms with Crippen molar-refractivity contribution < 1.29 is 27.8 Å². The summed E-state index contributed by atoms with van der Waals surface area (Å²) >= 11 is 0. The van der Waals surface area contributed by atoms with Crippen LogP contribution in [-0.2, 0) is 18.0 Å². The molecule has 1 aromatic heterocycles. The second-order valence-electron chi connectivity index (χ2n) is 6.52.